The van der Waals surface area contributed by atoms with Gasteiger partial charge in [0.25, 0.3) is 0 Å². The summed E-state index contributed by atoms with van der Waals surface area (Å²) in [6.45, 7) is 3.86. The number of nitrogens with zero attached hydrogens (tertiary/aromatic N) is 1. The molecule has 0 bridgehead atoms. The number of likely N-dealkylation sites (tertiary alicyclic amines) is 1. The molecule has 2 N–H and O–H groups in total. The smallest absolute Gasteiger partial charge is 0.0645 e. The van der Waals surface area contributed by atoms with Crippen LogP contribution in [0.2, 0.25) is 0 Å². The summed E-state index contributed by atoms with van der Waals surface area (Å²) in [6, 6.07) is 11.5. The lowest BCUT2D eigenvalue weighted by Crippen LogP contribution is -2.48. The fourth-order valence-electron chi connectivity index (χ4n) is 2.65. The molecule has 0 spiro atoms. The van der Waals surface area contributed by atoms with Gasteiger partial charge in [0.2, 0.25) is 0 Å². The van der Waals surface area contributed by atoms with Crippen molar-refractivity contribution in [2.75, 3.05) is 26.3 Å². The third-order valence-electron chi connectivity index (χ3n) is 3.76. The van der Waals surface area contributed by atoms with Crippen LogP contribution in [0.15, 0.2) is 30.3 Å². The van der Waals surface area contributed by atoms with E-state index in [4.69, 9.17) is 10.5 Å². The van der Waals surface area contributed by atoms with Crippen LogP contribution in [0, 0.1) is 0 Å². The Hall–Kier alpha value is -0.900. The molecule has 2 aliphatic heterocycles. The highest BCUT2D eigenvalue weighted by Gasteiger charge is 2.37. The molecule has 16 heavy (non-hydrogen) atoms. The van der Waals surface area contributed by atoms with Gasteiger partial charge in [-0.15, -0.1) is 0 Å². The summed E-state index contributed by atoms with van der Waals surface area (Å²) < 4.78 is 5.24. The molecule has 86 valence electrons. The lowest BCUT2D eigenvalue weighted by molar-refractivity contribution is -0.0576. The Morgan fingerprint density at radius 1 is 1.12 bits per heavy atom. The number of nitrogens with two attached hydrogens (primary N) is 1. The summed E-state index contributed by atoms with van der Waals surface area (Å²) in [6.07, 6.45) is 0. The van der Waals surface area contributed by atoms with Gasteiger partial charge in [0.1, 0.15) is 0 Å². The molecule has 3 nitrogen and oxygen atoms in total. The molecule has 1 aromatic rings. The van der Waals surface area contributed by atoms with Gasteiger partial charge in [-0.25, -0.2) is 0 Å². The highest BCUT2D eigenvalue weighted by molar-refractivity contribution is 5.23. The Morgan fingerprint density at radius 3 is 2.50 bits per heavy atom. The van der Waals surface area contributed by atoms with Gasteiger partial charge in [0.05, 0.1) is 19.3 Å². The van der Waals surface area contributed by atoms with Gasteiger partial charge in [-0.3, -0.25) is 4.90 Å². The summed E-state index contributed by atoms with van der Waals surface area (Å²) in [4.78, 5) is 2.48. The van der Waals surface area contributed by atoms with E-state index < -0.39 is 0 Å². The van der Waals surface area contributed by atoms with Crippen molar-refractivity contribution < 1.29 is 4.74 Å². The minimum absolute atomic E-state index is 0.267. The fraction of sp³-hybridized carbons (Fsp3) is 0.538. The van der Waals surface area contributed by atoms with Crippen LogP contribution in [0.3, 0.4) is 0 Å². The summed E-state index contributed by atoms with van der Waals surface area (Å²) in [7, 11) is 0. The van der Waals surface area contributed by atoms with Crippen molar-refractivity contribution in [2.24, 2.45) is 5.73 Å². The lowest BCUT2D eigenvalue weighted by atomic mass is 9.95. The highest BCUT2D eigenvalue weighted by atomic mass is 16.5. The molecular weight excluding hydrogens is 200 g/mol. The molecule has 2 fully saturated rings. The van der Waals surface area contributed by atoms with Crippen molar-refractivity contribution in [3.05, 3.63) is 35.9 Å². The molecule has 2 atom stereocenters. The fourth-order valence-corrected chi connectivity index (χ4v) is 2.65. The lowest BCUT2D eigenvalue weighted by Gasteiger charge is -2.34. The first-order valence-electron chi connectivity index (χ1n) is 5.97. The second-order valence-electron chi connectivity index (χ2n) is 4.83. The standard InChI is InChI=1S/C13H18N2O/c14-13-7-15(11-8-16-9-11)6-12(13)10-4-2-1-3-5-10/h1-5,11-13H,6-9,14H2/t12-,13+/m0/s1. The Labute approximate surface area is 96.2 Å². The van der Waals surface area contributed by atoms with E-state index in [2.05, 4.69) is 35.2 Å². The molecule has 1 aromatic carbocycles. The van der Waals surface area contributed by atoms with Crippen LogP contribution in [-0.4, -0.2) is 43.3 Å². The largest absolute Gasteiger partial charge is 0.378 e. The zero-order valence-corrected chi connectivity index (χ0v) is 9.38. The molecule has 3 rings (SSSR count). The SMILES string of the molecule is N[C@@H]1CN(C2COC2)C[C@H]1c1ccccc1. The predicted molar refractivity (Wildman–Crippen MR) is 63.3 cm³/mol. The van der Waals surface area contributed by atoms with E-state index in [-0.39, 0.29) is 6.04 Å². The second-order valence-corrected chi connectivity index (χ2v) is 4.83. The third kappa shape index (κ3) is 1.75. The van der Waals surface area contributed by atoms with E-state index in [0.717, 1.165) is 26.3 Å². The average Bonchev–Trinajstić information content (AvgIpc) is 2.59. The van der Waals surface area contributed by atoms with Crippen LogP contribution in [0.25, 0.3) is 0 Å². The number of hydrogen-bond acceptors (Lipinski definition) is 3. The van der Waals surface area contributed by atoms with Crippen LogP contribution in [0.4, 0.5) is 0 Å². The van der Waals surface area contributed by atoms with Gasteiger partial charge in [-0.1, -0.05) is 30.3 Å². The summed E-state index contributed by atoms with van der Waals surface area (Å²) in [5, 5.41) is 0. The van der Waals surface area contributed by atoms with Crippen molar-refractivity contribution in [1.82, 2.24) is 4.90 Å². The zero-order chi connectivity index (χ0) is 11.0. The topological polar surface area (TPSA) is 38.5 Å². The molecule has 0 radical (unpaired) electrons. The summed E-state index contributed by atoms with van der Waals surface area (Å²) in [5.74, 6) is 0.488. The first kappa shape index (κ1) is 10.3. The quantitative estimate of drug-likeness (QED) is 0.798. The predicted octanol–water partition coefficient (Wildman–Crippen LogP) is 0.812. The van der Waals surface area contributed by atoms with E-state index in [1.165, 1.54) is 5.56 Å². The number of ether oxygens (including phenoxy) is 1. The van der Waals surface area contributed by atoms with Crippen LogP contribution in [0.1, 0.15) is 11.5 Å². The van der Waals surface area contributed by atoms with E-state index >= 15 is 0 Å². The maximum Gasteiger partial charge on any atom is 0.0645 e. The van der Waals surface area contributed by atoms with Crippen molar-refractivity contribution in [3.63, 3.8) is 0 Å². The molecule has 2 aliphatic rings. The van der Waals surface area contributed by atoms with E-state index in [1.54, 1.807) is 0 Å². The Kier molecular flexibility index (Phi) is 2.67. The van der Waals surface area contributed by atoms with Gasteiger partial charge in [-0.2, -0.15) is 0 Å². The van der Waals surface area contributed by atoms with Gasteiger partial charge in [0, 0.05) is 25.0 Å². The summed E-state index contributed by atoms with van der Waals surface area (Å²) >= 11 is 0. The van der Waals surface area contributed by atoms with Gasteiger partial charge in [-0.05, 0) is 5.56 Å². The number of benzene rings is 1. The second kappa shape index (κ2) is 4.17. The van der Waals surface area contributed by atoms with E-state index in [9.17, 15) is 0 Å². The summed E-state index contributed by atoms with van der Waals surface area (Å²) in [5.41, 5.74) is 7.61. The van der Waals surface area contributed by atoms with Crippen molar-refractivity contribution in [1.29, 1.82) is 0 Å². The maximum absolute atomic E-state index is 6.24. The van der Waals surface area contributed by atoms with Gasteiger partial charge < -0.3 is 10.5 Å². The zero-order valence-electron chi connectivity index (χ0n) is 9.38. The number of hydrogen-bond donors (Lipinski definition) is 1. The minimum atomic E-state index is 0.267. The molecule has 0 unspecified atom stereocenters. The Morgan fingerprint density at radius 2 is 1.88 bits per heavy atom. The molecular formula is C13H18N2O. The van der Waals surface area contributed by atoms with E-state index in [1.807, 2.05) is 0 Å². The molecule has 2 saturated heterocycles. The molecule has 0 aromatic heterocycles. The Bertz CT molecular complexity index is 350. The normalized spacial score (nSPS) is 31.6. The molecule has 0 aliphatic carbocycles. The maximum atomic E-state index is 6.24. The molecule has 2 heterocycles. The molecule has 3 heteroatoms. The first-order valence-corrected chi connectivity index (χ1v) is 5.97. The van der Waals surface area contributed by atoms with Crippen molar-refractivity contribution in [2.45, 2.75) is 18.0 Å². The molecule has 0 saturated carbocycles. The average molecular weight is 218 g/mol. The minimum Gasteiger partial charge on any atom is -0.378 e. The molecule has 0 amide bonds. The Balaban J connectivity index is 1.72. The highest BCUT2D eigenvalue weighted by Crippen LogP contribution is 2.28. The third-order valence-corrected chi connectivity index (χ3v) is 3.76. The van der Waals surface area contributed by atoms with Gasteiger partial charge in [0.15, 0.2) is 0 Å². The first-order chi connectivity index (χ1) is 7.84. The number of rotatable bonds is 2. The van der Waals surface area contributed by atoms with Crippen molar-refractivity contribution in [3.8, 4) is 0 Å². The van der Waals surface area contributed by atoms with E-state index in [0.29, 0.717) is 12.0 Å². The van der Waals surface area contributed by atoms with Crippen LogP contribution in [-0.2, 0) is 4.74 Å². The van der Waals surface area contributed by atoms with Crippen molar-refractivity contribution >= 4 is 0 Å². The van der Waals surface area contributed by atoms with Gasteiger partial charge >= 0.3 is 0 Å². The van der Waals surface area contributed by atoms with Crippen LogP contribution in [0.5, 0.6) is 0 Å². The van der Waals surface area contributed by atoms with Crippen LogP contribution >= 0.6 is 0 Å². The van der Waals surface area contributed by atoms with Crippen LogP contribution < -0.4 is 5.73 Å². The monoisotopic (exact) mass is 218 g/mol.